The van der Waals surface area contributed by atoms with Crippen molar-refractivity contribution < 1.29 is 9.90 Å². The Kier molecular flexibility index (Phi) is 3.14. The van der Waals surface area contributed by atoms with E-state index in [9.17, 15) is 4.79 Å². The smallest absolute Gasteiger partial charge is 0.335 e. The van der Waals surface area contributed by atoms with Crippen LogP contribution in [0, 0.1) is 6.92 Å². The SMILES string of the molecule is Cc1cnc(Nc2cccc(C(=O)O)c2)c(N)c1. The molecule has 0 radical (unpaired) electrons. The van der Waals surface area contributed by atoms with E-state index < -0.39 is 5.97 Å². The molecule has 0 unspecified atom stereocenters. The number of nitrogen functional groups attached to an aromatic ring is 1. The van der Waals surface area contributed by atoms with E-state index in [0.717, 1.165) is 5.56 Å². The molecule has 1 aromatic carbocycles. The third-order valence-corrected chi connectivity index (χ3v) is 2.43. The number of hydrogen-bond acceptors (Lipinski definition) is 4. The number of anilines is 3. The van der Waals surface area contributed by atoms with Gasteiger partial charge in [-0.25, -0.2) is 9.78 Å². The van der Waals surface area contributed by atoms with Crippen LogP contribution in [-0.4, -0.2) is 16.1 Å². The van der Waals surface area contributed by atoms with Gasteiger partial charge in [-0.15, -0.1) is 0 Å². The zero-order chi connectivity index (χ0) is 13.1. The summed E-state index contributed by atoms with van der Waals surface area (Å²) in [5.41, 5.74) is 8.17. The molecule has 5 nitrogen and oxygen atoms in total. The Morgan fingerprint density at radius 2 is 2.17 bits per heavy atom. The fraction of sp³-hybridized carbons (Fsp3) is 0.0769. The van der Waals surface area contributed by atoms with E-state index in [2.05, 4.69) is 10.3 Å². The van der Waals surface area contributed by atoms with Crippen LogP contribution in [0.2, 0.25) is 0 Å². The fourth-order valence-electron chi connectivity index (χ4n) is 1.56. The van der Waals surface area contributed by atoms with Gasteiger partial charge in [-0.05, 0) is 36.8 Å². The van der Waals surface area contributed by atoms with E-state index in [1.807, 2.05) is 6.92 Å². The van der Waals surface area contributed by atoms with Gasteiger partial charge in [-0.1, -0.05) is 6.07 Å². The molecule has 0 atom stereocenters. The summed E-state index contributed by atoms with van der Waals surface area (Å²) in [5.74, 6) is -0.452. The molecule has 0 bridgehead atoms. The van der Waals surface area contributed by atoms with E-state index in [4.69, 9.17) is 10.8 Å². The molecule has 0 aliphatic heterocycles. The van der Waals surface area contributed by atoms with Crippen molar-refractivity contribution >= 4 is 23.2 Å². The number of rotatable bonds is 3. The lowest BCUT2D eigenvalue weighted by atomic mass is 10.2. The number of pyridine rings is 1. The first-order valence-corrected chi connectivity index (χ1v) is 5.39. The van der Waals surface area contributed by atoms with Gasteiger partial charge in [0.05, 0.1) is 11.3 Å². The van der Waals surface area contributed by atoms with E-state index in [-0.39, 0.29) is 5.56 Å². The summed E-state index contributed by atoms with van der Waals surface area (Å²) in [4.78, 5) is 15.0. The highest BCUT2D eigenvalue weighted by Gasteiger charge is 2.05. The maximum absolute atomic E-state index is 10.8. The van der Waals surface area contributed by atoms with Gasteiger partial charge in [-0.2, -0.15) is 0 Å². The molecule has 0 aliphatic carbocycles. The number of carboxylic acids is 1. The predicted molar refractivity (Wildman–Crippen MR) is 70.1 cm³/mol. The van der Waals surface area contributed by atoms with Crippen LogP contribution in [0.25, 0.3) is 0 Å². The minimum absolute atomic E-state index is 0.214. The van der Waals surface area contributed by atoms with Crippen LogP contribution < -0.4 is 11.1 Å². The summed E-state index contributed by atoms with van der Waals surface area (Å²) >= 11 is 0. The summed E-state index contributed by atoms with van der Waals surface area (Å²) in [6, 6.07) is 8.28. The fourth-order valence-corrected chi connectivity index (χ4v) is 1.56. The van der Waals surface area contributed by atoms with Crippen molar-refractivity contribution in [1.29, 1.82) is 0 Å². The second kappa shape index (κ2) is 4.75. The summed E-state index contributed by atoms with van der Waals surface area (Å²) in [7, 11) is 0. The molecular formula is C13H13N3O2. The molecule has 18 heavy (non-hydrogen) atoms. The molecule has 2 aromatic rings. The van der Waals surface area contributed by atoms with Gasteiger partial charge in [0.25, 0.3) is 0 Å². The Hall–Kier alpha value is -2.56. The molecule has 0 fully saturated rings. The maximum atomic E-state index is 10.8. The number of hydrogen-bond donors (Lipinski definition) is 3. The quantitative estimate of drug-likeness (QED) is 0.770. The van der Waals surface area contributed by atoms with Crippen molar-refractivity contribution in [2.45, 2.75) is 6.92 Å². The molecule has 0 spiro atoms. The third-order valence-electron chi connectivity index (χ3n) is 2.43. The van der Waals surface area contributed by atoms with Gasteiger partial charge >= 0.3 is 5.97 Å². The number of benzene rings is 1. The van der Waals surface area contributed by atoms with Gasteiger partial charge in [0, 0.05) is 11.9 Å². The number of nitrogens with two attached hydrogens (primary N) is 1. The molecule has 0 amide bonds. The number of nitrogens with zero attached hydrogens (tertiary/aromatic N) is 1. The number of carboxylic acid groups (broad SMARTS) is 1. The first-order valence-electron chi connectivity index (χ1n) is 5.39. The summed E-state index contributed by atoms with van der Waals surface area (Å²) in [5, 5.41) is 11.9. The lowest BCUT2D eigenvalue weighted by molar-refractivity contribution is 0.0697. The maximum Gasteiger partial charge on any atom is 0.335 e. The molecule has 0 saturated carbocycles. The summed E-state index contributed by atoms with van der Waals surface area (Å²) in [6.45, 7) is 1.90. The lowest BCUT2D eigenvalue weighted by Crippen LogP contribution is -2.01. The molecule has 1 heterocycles. The van der Waals surface area contributed by atoms with E-state index in [1.54, 1.807) is 24.4 Å². The molecule has 1 aromatic heterocycles. The lowest BCUT2D eigenvalue weighted by Gasteiger charge is -2.09. The first kappa shape index (κ1) is 11.9. The van der Waals surface area contributed by atoms with Crippen LogP contribution in [0.15, 0.2) is 36.5 Å². The number of aromatic carboxylic acids is 1. The topological polar surface area (TPSA) is 88.2 Å². The minimum atomic E-state index is -0.969. The standard InChI is InChI=1S/C13H13N3O2/c1-8-5-11(14)12(15-7-8)16-10-4-2-3-9(6-10)13(17)18/h2-7H,14H2,1H3,(H,15,16)(H,17,18). The van der Waals surface area contributed by atoms with Crippen LogP contribution in [0.4, 0.5) is 17.2 Å². The largest absolute Gasteiger partial charge is 0.478 e. The highest BCUT2D eigenvalue weighted by Crippen LogP contribution is 2.21. The normalized spacial score (nSPS) is 10.1. The van der Waals surface area contributed by atoms with Crippen molar-refractivity contribution in [2.24, 2.45) is 0 Å². The van der Waals surface area contributed by atoms with Gasteiger partial charge < -0.3 is 16.2 Å². The van der Waals surface area contributed by atoms with Gasteiger partial charge in [0.1, 0.15) is 0 Å². The second-order valence-electron chi connectivity index (χ2n) is 3.96. The van der Waals surface area contributed by atoms with Crippen molar-refractivity contribution in [3.63, 3.8) is 0 Å². The van der Waals surface area contributed by atoms with Crippen molar-refractivity contribution in [3.8, 4) is 0 Å². The Bertz CT molecular complexity index is 597. The van der Waals surface area contributed by atoms with Crippen LogP contribution in [0.1, 0.15) is 15.9 Å². The van der Waals surface area contributed by atoms with E-state index in [1.165, 1.54) is 12.1 Å². The highest BCUT2D eigenvalue weighted by atomic mass is 16.4. The van der Waals surface area contributed by atoms with Crippen molar-refractivity contribution in [1.82, 2.24) is 4.98 Å². The predicted octanol–water partition coefficient (Wildman–Crippen LogP) is 2.41. The number of carbonyl (C=O) groups is 1. The minimum Gasteiger partial charge on any atom is -0.478 e. The average molecular weight is 243 g/mol. The number of aromatic nitrogens is 1. The molecule has 0 aliphatic rings. The van der Waals surface area contributed by atoms with Crippen LogP contribution in [0.3, 0.4) is 0 Å². The zero-order valence-corrected chi connectivity index (χ0v) is 9.84. The third kappa shape index (κ3) is 2.57. The Morgan fingerprint density at radius 3 is 2.83 bits per heavy atom. The molecule has 5 heteroatoms. The average Bonchev–Trinajstić information content (AvgIpc) is 2.33. The van der Waals surface area contributed by atoms with Gasteiger partial charge in [0.15, 0.2) is 5.82 Å². The molecular weight excluding hydrogens is 230 g/mol. The summed E-state index contributed by atoms with van der Waals surface area (Å²) < 4.78 is 0. The zero-order valence-electron chi connectivity index (χ0n) is 9.84. The van der Waals surface area contributed by atoms with Crippen LogP contribution in [-0.2, 0) is 0 Å². The number of nitrogens with one attached hydrogen (secondary N) is 1. The van der Waals surface area contributed by atoms with E-state index >= 15 is 0 Å². The summed E-state index contributed by atoms with van der Waals surface area (Å²) in [6.07, 6.45) is 1.69. The molecule has 0 saturated heterocycles. The molecule has 4 N–H and O–H groups in total. The molecule has 2 rings (SSSR count). The van der Waals surface area contributed by atoms with Crippen molar-refractivity contribution in [3.05, 3.63) is 47.7 Å². The van der Waals surface area contributed by atoms with E-state index in [0.29, 0.717) is 17.2 Å². The molecule has 92 valence electrons. The monoisotopic (exact) mass is 243 g/mol. The Labute approximate surface area is 104 Å². The van der Waals surface area contributed by atoms with Crippen LogP contribution >= 0.6 is 0 Å². The van der Waals surface area contributed by atoms with Crippen molar-refractivity contribution in [2.75, 3.05) is 11.1 Å². The Balaban J connectivity index is 2.28. The van der Waals surface area contributed by atoms with Crippen LogP contribution in [0.5, 0.6) is 0 Å². The second-order valence-corrected chi connectivity index (χ2v) is 3.96. The first-order chi connectivity index (χ1) is 8.56. The number of aryl methyl sites for hydroxylation is 1. The highest BCUT2D eigenvalue weighted by molar-refractivity contribution is 5.89. The van der Waals surface area contributed by atoms with Gasteiger partial charge in [-0.3, -0.25) is 0 Å². The Morgan fingerprint density at radius 1 is 1.39 bits per heavy atom. The van der Waals surface area contributed by atoms with Gasteiger partial charge in [0.2, 0.25) is 0 Å².